The number of ether oxygens (including phenoxy) is 2. The summed E-state index contributed by atoms with van der Waals surface area (Å²) in [5.74, 6) is -0.122. The number of amides is 1. The smallest absolute Gasteiger partial charge is 0.282 e. The quantitative estimate of drug-likeness (QED) is 0.798. The van der Waals surface area contributed by atoms with Crippen LogP contribution in [0.5, 0.6) is 0 Å². The number of carbonyl (C=O) groups excluding carboxylic acids is 1. The minimum absolute atomic E-state index is 0.0726. The van der Waals surface area contributed by atoms with Crippen molar-refractivity contribution >= 4 is 27.5 Å². The molecule has 4 heterocycles. The fraction of sp³-hybridized carbons (Fsp3) is 0.647. The van der Waals surface area contributed by atoms with Crippen molar-refractivity contribution in [1.29, 1.82) is 0 Å². The van der Waals surface area contributed by atoms with Gasteiger partial charge in [-0.3, -0.25) is 9.48 Å². The maximum Gasteiger partial charge on any atom is 0.282 e. The molecule has 2 aliphatic heterocycles. The van der Waals surface area contributed by atoms with E-state index in [0.717, 1.165) is 12.8 Å². The van der Waals surface area contributed by atoms with Crippen molar-refractivity contribution in [2.75, 3.05) is 39.5 Å². The largest absolute Gasteiger partial charge is 0.381 e. The first-order valence-corrected chi connectivity index (χ1v) is 9.50. The topological polar surface area (TPSA) is 56.6 Å². The maximum absolute atomic E-state index is 13.2. The van der Waals surface area contributed by atoms with Crippen LogP contribution in [0.2, 0.25) is 0 Å². The molecule has 9 heteroatoms. The molecule has 142 valence electrons. The zero-order valence-corrected chi connectivity index (χ0v) is 15.4. The number of alkyl halides is 2. The molecule has 0 radical (unpaired) electrons. The molecular formula is C17H21F2N3O3S. The third kappa shape index (κ3) is 3.12. The van der Waals surface area contributed by atoms with Crippen molar-refractivity contribution < 1.29 is 23.0 Å². The van der Waals surface area contributed by atoms with E-state index in [-0.39, 0.29) is 17.0 Å². The molecule has 0 unspecified atom stereocenters. The van der Waals surface area contributed by atoms with Gasteiger partial charge < -0.3 is 14.4 Å². The van der Waals surface area contributed by atoms with Crippen LogP contribution in [-0.4, -0.2) is 60.1 Å². The number of thiophene rings is 1. The highest BCUT2D eigenvalue weighted by Gasteiger charge is 2.38. The number of halogens is 2. The van der Waals surface area contributed by atoms with E-state index in [9.17, 15) is 13.6 Å². The molecule has 2 aliphatic rings. The molecule has 0 saturated carbocycles. The van der Waals surface area contributed by atoms with Gasteiger partial charge in [0.1, 0.15) is 10.5 Å². The van der Waals surface area contributed by atoms with E-state index in [1.165, 1.54) is 16.0 Å². The Morgan fingerprint density at radius 1 is 1.31 bits per heavy atom. The Bertz CT molecular complexity index is 814. The Morgan fingerprint density at radius 2 is 2.08 bits per heavy atom. The normalized spacial score (nSPS) is 20.8. The molecule has 6 nitrogen and oxygen atoms in total. The van der Waals surface area contributed by atoms with Crippen LogP contribution in [0.15, 0.2) is 6.07 Å². The summed E-state index contributed by atoms with van der Waals surface area (Å²) in [6, 6.07) is 1.55. The summed E-state index contributed by atoms with van der Waals surface area (Å²) in [5.41, 5.74) is -0.338. The van der Waals surface area contributed by atoms with Crippen LogP contribution in [0.25, 0.3) is 10.2 Å². The average Bonchev–Trinajstić information content (AvgIpc) is 3.12. The van der Waals surface area contributed by atoms with Crippen LogP contribution in [-0.2, 0) is 16.5 Å². The van der Waals surface area contributed by atoms with Crippen molar-refractivity contribution in [3.05, 3.63) is 16.6 Å². The highest BCUT2D eigenvalue weighted by Crippen LogP contribution is 2.36. The van der Waals surface area contributed by atoms with Gasteiger partial charge in [-0.2, -0.15) is 5.10 Å². The molecular weight excluding hydrogens is 364 g/mol. The van der Waals surface area contributed by atoms with E-state index < -0.39 is 6.43 Å². The highest BCUT2D eigenvalue weighted by molar-refractivity contribution is 7.20. The van der Waals surface area contributed by atoms with Crippen LogP contribution >= 0.6 is 11.3 Å². The number of carbonyl (C=O) groups is 1. The van der Waals surface area contributed by atoms with E-state index >= 15 is 0 Å². The molecule has 2 aromatic rings. The first kappa shape index (κ1) is 17.8. The van der Waals surface area contributed by atoms with Crippen molar-refractivity contribution in [3.8, 4) is 0 Å². The summed E-state index contributed by atoms with van der Waals surface area (Å²) < 4.78 is 39.0. The lowest BCUT2D eigenvalue weighted by Crippen LogP contribution is -2.44. The molecule has 0 aliphatic carbocycles. The van der Waals surface area contributed by atoms with E-state index in [1.807, 2.05) is 0 Å². The predicted octanol–water partition coefficient (Wildman–Crippen LogP) is 2.84. The number of hydrogen-bond donors (Lipinski definition) is 0. The second-order valence-electron chi connectivity index (χ2n) is 7.03. The fourth-order valence-corrected chi connectivity index (χ4v) is 4.81. The SMILES string of the molecule is Cn1nc(C(F)F)c2cc(C(=O)N3CCOCC4(CCOCC4)C3)sc21. The average molecular weight is 385 g/mol. The summed E-state index contributed by atoms with van der Waals surface area (Å²) in [5, 5.41) is 4.23. The predicted molar refractivity (Wildman–Crippen MR) is 92.8 cm³/mol. The first-order chi connectivity index (χ1) is 12.5. The zero-order valence-electron chi connectivity index (χ0n) is 14.5. The number of hydrogen-bond acceptors (Lipinski definition) is 5. The van der Waals surface area contributed by atoms with Crippen molar-refractivity contribution in [3.63, 3.8) is 0 Å². The van der Waals surface area contributed by atoms with Gasteiger partial charge in [-0.1, -0.05) is 0 Å². The molecule has 26 heavy (non-hydrogen) atoms. The third-order valence-electron chi connectivity index (χ3n) is 5.24. The van der Waals surface area contributed by atoms with E-state index in [2.05, 4.69) is 5.10 Å². The Hall–Kier alpha value is -1.58. The standard InChI is InChI=1S/C17H21F2N3O3S/c1-21-16-11(13(20-21)14(18)19)8-12(26-16)15(23)22-4-7-25-10-17(9-22)2-5-24-6-3-17/h8,14H,2-7,9-10H2,1H3. The maximum atomic E-state index is 13.2. The minimum Gasteiger partial charge on any atom is -0.381 e. The summed E-state index contributed by atoms with van der Waals surface area (Å²) in [6.45, 7) is 3.60. The van der Waals surface area contributed by atoms with Crippen molar-refractivity contribution in [2.45, 2.75) is 19.3 Å². The van der Waals surface area contributed by atoms with Crippen LogP contribution < -0.4 is 0 Å². The van der Waals surface area contributed by atoms with E-state index in [1.54, 1.807) is 18.0 Å². The van der Waals surface area contributed by atoms with Gasteiger partial charge in [0.25, 0.3) is 12.3 Å². The second-order valence-corrected chi connectivity index (χ2v) is 8.06. The molecule has 0 bridgehead atoms. The lowest BCUT2D eigenvalue weighted by atomic mass is 9.80. The van der Waals surface area contributed by atoms with Gasteiger partial charge in [0, 0.05) is 44.2 Å². The van der Waals surface area contributed by atoms with Gasteiger partial charge in [-0.05, 0) is 18.9 Å². The second kappa shape index (κ2) is 6.86. The van der Waals surface area contributed by atoms with Gasteiger partial charge in [0.2, 0.25) is 0 Å². The van der Waals surface area contributed by atoms with Gasteiger partial charge in [0.15, 0.2) is 0 Å². The van der Waals surface area contributed by atoms with Crippen molar-refractivity contribution in [2.24, 2.45) is 12.5 Å². The Labute approximate surface area is 153 Å². The Balaban J connectivity index is 1.62. The third-order valence-corrected chi connectivity index (χ3v) is 6.43. The monoisotopic (exact) mass is 385 g/mol. The lowest BCUT2D eigenvalue weighted by molar-refractivity contribution is -0.0303. The molecule has 2 aromatic heterocycles. The number of nitrogens with zero attached hydrogens (tertiary/aromatic N) is 3. The first-order valence-electron chi connectivity index (χ1n) is 8.68. The van der Waals surface area contributed by atoms with E-state index in [0.29, 0.717) is 54.6 Å². The van der Waals surface area contributed by atoms with Crippen LogP contribution in [0.3, 0.4) is 0 Å². The Kier molecular flexibility index (Phi) is 4.70. The molecule has 0 N–H and O–H groups in total. The van der Waals surface area contributed by atoms with Crippen LogP contribution in [0, 0.1) is 5.41 Å². The lowest BCUT2D eigenvalue weighted by Gasteiger charge is -2.38. The molecule has 4 rings (SSSR count). The Morgan fingerprint density at radius 3 is 2.81 bits per heavy atom. The highest BCUT2D eigenvalue weighted by atomic mass is 32.1. The molecule has 1 spiro atoms. The fourth-order valence-electron chi connectivity index (χ4n) is 3.76. The van der Waals surface area contributed by atoms with Crippen LogP contribution in [0.4, 0.5) is 8.78 Å². The minimum atomic E-state index is -2.66. The van der Waals surface area contributed by atoms with Gasteiger partial charge >= 0.3 is 0 Å². The zero-order chi connectivity index (χ0) is 18.3. The van der Waals surface area contributed by atoms with Crippen molar-refractivity contribution in [1.82, 2.24) is 14.7 Å². The number of aromatic nitrogens is 2. The summed E-state index contributed by atoms with van der Waals surface area (Å²) in [6.07, 6.45) is -0.931. The number of fused-ring (bicyclic) bond motifs is 1. The summed E-state index contributed by atoms with van der Waals surface area (Å²) in [7, 11) is 1.62. The summed E-state index contributed by atoms with van der Waals surface area (Å²) in [4.78, 5) is 15.9. The molecule has 0 aromatic carbocycles. The van der Waals surface area contributed by atoms with Crippen LogP contribution in [0.1, 0.15) is 34.6 Å². The molecule has 1 amide bonds. The molecule has 0 atom stereocenters. The van der Waals surface area contributed by atoms with E-state index in [4.69, 9.17) is 9.47 Å². The molecule has 2 saturated heterocycles. The van der Waals surface area contributed by atoms with Gasteiger partial charge in [-0.25, -0.2) is 8.78 Å². The summed E-state index contributed by atoms with van der Waals surface area (Å²) >= 11 is 1.22. The number of aryl methyl sites for hydroxylation is 1. The van der Waals surface area contributed by atoms with Gasteiger partial charge in [0.05, 0.1) is 18.1 Å². The van der Waals surface area contributed by atoms with Gasteiger partial charge in [-0.15, -0.1) is 11.3 Å². The number of rotatable bonds is 2. The molecule has 2 fully saturated rings.